The van der Waals surface area contributed by atoms with E-state index in [4.69, 9.17) is 23.2 Å². The number of hydrogen-bond donors (Lipinski definition) is 2. The van der Waals surface area contributed by atoms with E-state index >= 15 is 0 Å². The van der Waals surface area contributed by atoms with E-state index in [1.807, 2.05) is 36.4 Å². The molecule has 0 saturated carbocycles. The third-order valence-corrected chi connectivity index (χ3v) is 4.27. The van der Waals surface area contributed by atoms with Gasteiger partial charge in [0.25, 0.3) is 0 Å². The number of halogens is 2. The number of hydrogen-bond acceptors (Lipinski definition) is 3. The number of imidazole rings is 1. The fraction of sp³-hybridized carbons (Fsp3) is 0.235. The Bertz CT molecular complexity index is 830. The zero-order valence-corrected chi connectivity index (χ0v) is 14.1. The van der Waals surface area contributed by atoms with Crippen LogP contribution in [0.5, 0.6) is 0 Å². The zero-order chi connectivity index (χ0) is 16.4. The molecular formula is C17H17Cl2N3O. The number of rotatable bonds is 5. The van der Waals surface area contributed by atoms with Gasteiger partial charge in [-0.1, -0.05) is 41.4 Å². The number of para-hydroxylation sites is 2. The first kappa shape index (κ1) is 16.1. The van der Waals surface area contributed by atoms with Crippen molar-refractivity contribution in [2.45, 2.75) is 19.6 Å². The van der Waals surface area contributed by atoms with Crippen molar-refractivity contribution in [2.24, 2.45) is 0 Å². The summed E-state index contributed by atoms with van der Waals surface area (Å²) in [5, 5.41) is 13.8. The van der Waals surface area contributed by atoms with E-state index in [1.54, 1.807) is 13.0 Å². The fourth-order valence-electron chi connectivity index (χ4n) is 2.43. The van der Waals surface area contributed by atoms with Crippen LogP contribution < -0.4 is 5.32 Å². The second kappa shape index (κ2) is 6.79. The molecule has 0 radical (unpaired) electrons. The Labute approximate surface area is 144 Å². The van der Waals surface area contributed by atoms with Crippen molar-refractivity contribution in [3.8, 4) is 0 Å². The molecule has 0 aliphatic heterocycles. The molecule has 1 heterocycles. The van der Waals surface area contributed by atoms with Crippen LogP contribution in [-0.2, 0) is 6.54 Å². The van der Waals surface area contributed by atoms with Gasteiger partial charge in [-0.2, -0.15) is 0 Å². The van der Waals surface area contributed by atoms with Crippen LogP contribution in [0.15, 0.2) is 42.5 Å². The smallest absolute Gasteiger partial charge is 0.204 e. The lowest BCUT2D eigenvalue weighted by molar-refractivity contribution is 0.208. The van der Waals surface area contributed by atoms with Crippen molar-refractivity contribution in [1.29, 1.82) is 0 Å². The summed E-state index contributed by atoms with van der Waals surface area (Å²) in [7, 11) is 0. The maximum absolute atomic E-state index is 9.50. The lowest BCUT2D eigenvalue weighted by Gasteiger charge is -2.12. The Hall–Kier alpha value is -1.75. The zero-order valence-electron chi connectivity index (χ0n) is 12.6. The van der Waals surface area contributed by atoms with Crippen LogP contribution >= 0.6 is 23.2 Å². The number of aliphatic hydroxyl groups is 1. The summed E-state index contributed by atoms with van der Waals surface area (Å²) in [6.45, 7) is 2.78. The lowest BCUT2D eigenvalue weighted by atomic mass is 10.2. The number of aromatic nitrogens is 2. The second-order valence-corrected chi connectivity index (χ2v) is 6.30. The van der Waals surface area contributed by atoms with E-state index in [0.717, 1.165) is 22.5 Å². The molecule has 6 heteroatoms. The average molecular weight is 350 g/mol. The van der Waals surface area contributed by atoms with Gasteiger partial charge < -0.3 is 15.0 Å². The SMILES string of the molecule is C[C@@H](O)CNc1nc2ccccc2n1Cc1ccc(Cl)c(Cl)c1. The standard InChI is InChI=1S/C17H17Cl2N3O/c1-11(23)9-20-17-21-15-4-2-3-5-16(15)22(17)10-12-6-7-13(18)14(19)8-12/h2-8,11,23H,9-10H2,1H3,(H,20,21)/t11-/m1/s1. The van der Waals surface area contributed by atoms with E-state index in [9.17, 15) is 5.11 Å². The molecule has 4 nitrogen and oxygen atoms in total. The summed E-state index contributed by atoms with van der Waals surface area (Å²) < 4.78 is 2.07. The minimum absolute atomic E-state index is 0.435. The van der Waals surface area contributed by atoms with Gasteiger partial charge in [0.05, 0.1) is 33.7 Å². The summed E-state index contributed by atoms with van der Waals surface area (Å²) in [5.74, 6) is 0.721. The van der Waals surface area contributed by atoms with E-state index < -0.39 is 6.10 Å². The van der Waals surface area contributed by atoms with Crippen LogP contribution in [-0.4, -0.2) is 27.3 Å². The summed E-state index contributed by atoms with van der Waals surface area (Å²) in [6, 6.07) is 13.5. The molecule has 0 aliphatic carbocycles. The van der Waals surface area contributed by atoms with Crippen molar-refractivity contribution in [1.82, 2.24) is 9.55 Å². The third kappa shape index (κ3) is 3.61. The van der Waals surface area contributed by atoms with Crippen molar-refractivity contribution >= 4 is 40.2 Å². The molecule has 0 fully saturated rings. The summed E-state index contributed by atoms with van der Waals surface area (Å²) in [4.78, 5) is 4.60. The molecule has 0 spiro atoms. The summed E-state index contributed by atoms with van der Waals surface area (Å²) >= 11 is 12.1. The van der Waals surface area contributed by atoms with Crippen LogP contribution in [0.2, 0.25) is 10.0 Å². The van der Waals surface area contributed by atoms with Gasteiger partial charge in [-0.25, -0.2) is 4.98 Å². The van der Waals surface area contributed by atoms with Crippen molar-refractivity contribution in [3.05, 3.63) is 58.1 Å². The average Bonchev–Trinajstić information content (AvgIpc) is 2.87. The molecule has 0 unspecified atom stereocenters. The summed E-state index contributed by atoms with van der Waals surface area (Å²) in [5.41, 5.74) is 2.95. The normalized spacial score (nSPS) is 12.5. The second-order valence-electron chi connectivity index (χ2n) is 5.49. The first-order valence-electron chi connectivity index (χ1n) is 7.35. The molecule has 3 rings (SSSR count). The van der Waals surface area contributed by atoms with Gasteiger partial charge in [-0.15, -0.1) is 0 Å². The van der Waals surface area contributed by atoms with Gasteiger partial charge in [0.15, 0.2) is 0 Å². The molecule has 0 saturated heterocycles. The topological polar surface area (TPSA) is 50.1 Å². The largest absolute Gasteiger partial charge is 0.392 e. The van der Waals surface area contributed by atoms with Crippen LogP contribution in [0.25, 0.3) is 11.0 Å². The Morgan fingerprint density at radius 1 is 1.17 bits per heavy atom. The van der Waals surface area contributed by atoms with Gasteiger partial charge in [-0.05, 0) is 36.8 Å². The molecule has 0 aliphatic rings. The van der Waals surface area contributed by atoms with E-state index in [0.29, 0.717) is 23.1 Å². The molecule has 0 amide bonds. The highest BCUT2D eigenvalue weighted by Crippen LogP contribution is 2.25. The quantitative estimate of drug-likeness (QED) is 0.726. The number of benzene rings is 2. The molecule has 120 valence electrons. The highest BCUT2D eigenvalue weighted by Gasteiger charge is 2.12. The molecule has 3 aromatic rings. The Kier molecular flexibility index (Phi) is 4.76. The number of nitrogens with zero attached hydrogens (tertiary/aromatic N) is 2. The van der Waals surface area contributed by atoms with Crippen LogP contribution in [0, 0.1) is 0 Å². The fourth-order valence-corrected chi connectivity index (χ4v) is 2.75. The van der Waals surface area contributed by atoms with Gasteiger partial charge in [0.1, 0.15) is 0 Å². The number of fused-ring (bicyclic) bond motifs is 1. The Morgan fingerprint density at radius 2 is 1.96 bits per heavy atom. The first-order valence-corrected chi connectivity index (χ1v) is 8.11. The van der Waals surface area contributed by atoms with Gasteiger partial charge in [-0.3, -0.25) is 0 Å². The monoisotopic (exact) mass is 349 g/mol. The molecule has 1 atom stereocenters. The van der Waals surface area contributed by atoms with Crippen molar-refractivity contribution in [2.75, 3.05) is 11.9 Å². The highest BCUT2D eigenvalue weighted by molar-refractivity contribution is 6.42. The van der Waals surface area contributed by atoms with Gasteiger partial charge in [0, 0.05) is 6.54 Å². The van der Waals surface area contributed by atoms with E-state index in [-0.39, 0.29) is 0 Å². The number of anilines is 1. The predicted molar refractivity (Wildman–Crippen MR) is 95.5 cm³/mol. The van der Waals surface area contributed by atoms with Crippen LogP contribution in [0.4, 0.5) is 5.95 Å². The Morgan fingerprint density at radius 3 is 2.70 bits per heavy atom. The van der Waals surface area contributed by atoms with Gasteiger partial charge in [0.2, 0.25) is 5.95 Å². The molecular weight excluding hydrogens is 333 g/mol. The predicted octanol–water partition coefficient (Wildman–Crippen LogP) is 4.18. The number of aliphatic hydroxyl groups excluding tert-OH is 1. The maximum Gasteiger partial charge on any atom is 0.204 e. The van der Waals surface area contributed by atoms with Crippen LogP contribution in [0.1, 0.15) is 12.5 Å². The van der Waals surface area contributed by atoms with Crippen molar-refractivity contribution in [3.63, 3.8) is 0 Å². The molecule has 0 bridgehead atoms. The van der Waals surface area contributed by atoms with Crippen LogP contribution in [0.3, 0.4) is 0 Å². The number of nitrogens with one attached hydrogen (secondary N) is 1. The lowest BCUT2D eigenvalue weighted by Crippen LogP contribution is -2.18. The molecule has 2 N–H and O–H groups in total. The molecule has 23 heavy (non-hydrogen) atoms. The summed E-state index contributed by atoms with van der Waals surface area (Å²) in [6.07, 6.45) is -0.451. The van der Waals surface area contributed by atoms with E-state index in [2.05, 4.69) is 14.9 Å². The minimum atomic E-state index is -0.451. The van der Waals surface area contributed by atoms with Crippen molar-refractivity contribution < 1.29 is 5.11 Å². The first-order chi connectivity index (χ1) is 11.0. The molecule has 2 aromatic carbocycles. The minimum Gasteiger partial charge on any atom is -0.392 e. The Balaban J connectivity index is 1.99. The third-order valence-electron chi connectivity index (χ3n) is 3.53. The van der Waals surface area contributed by atoms with E-state index in [1.165, 1.54) is 0 Å². The van der Waals surface area contributed by atoms with Gasteiger partial charge >= 0.3 is 0 Å². The molecule has 1 aromatic heterocycles. The highest BCUT2D eigenvalue weighted by atomic mass is 35.5. The maximum atomic E-state index is 9.50.